The molecule has 2 atom stereocenters. The first-order valence-electron chi connectivity index (χ1n) is 12.5. The fraction of sp³-hybridized carbons (Fsp3) is 0.464. The number of nitrogens with zero attached hydrogens (tertiary/aromatic N) is 3. The van der Waals surface area contributed by atoms with Gasteiger partial charge in [-0.25, -0.2) is 4.68 Å². The van der Waals surface area contributed by atoms with E-state index in [4.69, 9.17) is 0 Å². The van der Waals surface area contributed by atoms with Gasteiger partial charge in [0.2, 0.25) is 0 Å². The Labute approximate surface area is 212 Å². The first-order valence-corrected chi connectivity index (χ1v) is 12.5. The van der Waals surface area contributed by atoms with E-state index in [1.807, 2.05) is 90.9 Å². The summed E-state index contributed by atoms with van der Waals surface area (Å²) in [5.41, 5.74) is 4.90. The van der Waals surface area contributed by atoms with Crippen LogP contribution in [0.15, 0.2) is 57.5 Å². The van der Waals surface area contributed by atoms with Gasteiger partial charge >= 0.3 is 0 Å². The van der Waals surface area contributed by atoms with Crippen LogP contribution in [-0.4, -0.2) is 38.2 Å². The highest BCUT2D eigenvalue weighted by Crippen LogP contribution is 2.41. The van der Waals surface area contributed by atoms with Gasteiger partial charge in [-0.15, -0.1) is 0 Å². The van der Waals surface area contributed by atoms with Crippen molar-refractivity contribution in [3.8, 4) is 0 Å². The second-order valence-electron chi connectivity index (χ2n) is 11.1. The lowest BCUT2D eigenvalue weighted by atomic mass is 9.69. The predicted octanol–water partition coefficient (Wildman–Crippen LogP) is 5.39. The van der Waals surface area contributed by atoms with E-state index >= 15 is 0 Å². The molecule has 1 heterocycles. The summed E-state index contributed by atoms with van der Waals surface area (Å²) in [6, 6.07) is 12.8. The van der Waals surface area contributed by atoms with Gasteiger partial charge in [-0.3, -0.25) is 9.89 Å². The summed E-state index contributed by atoms with van der Waals surface area (Å²) in [4.78, 5) is 13.3. The Hall–Kier alpha value is -3.23. The molecule has 0 amide bonds. The Morgan fingerprint density at radius 3 is 2.25 bits per heavy atom. The number of anilines is 1. The van der Waals surface area contributed by atoms with Crippen molar-refractivity contribution in [1.29, 1.82) is 0 Å². The second-order valence-corrected chi connectivity index (χ2v) is 11.1. The van der Waals surface area contributed by atoms with E-state index in [9.17, 15) is 15.0 Å². The molecule has 2 aromatic carbocycles. The molecular weight excluding hydrogens is 454 g/mol. The topological polar surface area (TPSA) is 115 Å². The molecule has 3 aromatic rings. The number of benzene rings is 2. The summed E-state index contributed by atoms with van der Waals surface area (Å²) < 4.78 is 1.59. The summed E-state index contributed by atoms with van der Waals surface area (Å²) in [6.07, 6.45) is -1.82. The lowest BCUT2D eigenvalue weighted by molar-refractivity contribution is -0.0669. The summed E-state index contributed by atoms with van der Waals surface area (Å²) in [6.45, 7) is 13.8. The Kier molecular flexibility index (Phi) is 6.94. The smallest absolute Gasteiger partial charge is 0.270 e. The molecule has 36 heavy (non-hydrogen) atoms. The number of H-pyrrole nitrogens is 1. The minimum absolute atomic E-state index is 0.0475. The number of aromatic amines is 1. The monoisotopic (exact) mass is 491 g/mol. The van der Waals surface area contributed by atoms with Gasteiger partial charge in [-0.2, -0.15) is 10.2 Å². The van der Waals surface area contributed by atoms with Gasteiger partial charge in [-0.05, 0) is 75.9 Å². The van der Waals surface area contributed by atoms with Crippen molar-refractivity contribution in [1.82, 2.24) is 9.78 Å². The quantitative estimate of drug-likeness (QED) is 0.346. The summed E-state index contributed by atoms with van der Waals surface area (Å²) in [5, 5.41) is 37.3. The molecule has 0 aliphatic heterocycles. The SMILES string of the molecule is Cc1ccccc1N=Nc1ccc(NC2C(O)C(c3c(C(C)C)[nH]n(C(C)(C)C)c3=O)C2O)c(C)c1. The minimum Gasteiger partial charge on any atom is -0.390 e. The van der Waals surface area contributed by atoms with E-state index in [-0.39, 0.29) is 11.5 Å². The number of azo groups is 1. The normalized spacial score (nSPS) is 22.3. The third-order valence-electron chi connectivity index (χ3n) is 6.93. The minimum atomic E-state index is -0.908. The van der Waals surface area contributed by atoms with Crippen molar-refractivity contribution in [2.75, 3.05) is 5.32 Å². The lowest BCUT2D eigenvalue weighted by Gasteiger charge is -2.47. The average molecular weight is 492 g/mol. The highest BCUT2D eigenvalue weighted by atomic mass is 16.3. The van der Waals surface area contributed by atoms with Crippen LogP contribution in [0, 0.1) is 13.8 Å². The van der Waals surface area contributed by atoms with Crippen molar-refractivity contribution < 1.29 is 10.2 Å². The van der Waals surface area contributed by atoms with Gasteiger partial charge in [0.1, 0.15) is 0 Å². The second kappa shape index (κ2) is 9.67. The third kappa shape index (κ3) is 4.75. The lowest BCUT2D eigenvalue weighted by Crippen LogP contribution is -2.62. The standard InChI is InChI=1S/C28H37N5O3/c1-15(2)23-21(27(36)33(32-23)28(5,6)7)22-25(34)24(26(22)35)29-19-13-12-18(14-17(19)4)30-31-20-11-9-8-10-16(20)3/h8-15,22,24-26,29,32,34-35H,1-7H3. The molecule has 4 N–H and O–H groups in total. The first kappa shape index (κ1) is 25.9. The molecule has 1 aliphatic carbocycles. The molecule has 8 heteroatoms. The van der Waals surface area contributed by atoms with Gasteiger partial charge in [0.05, 0.1) is 35.2 Å². The van der Waals surface area contributed by atoms with Gasteiger partial charge in [0.25, 0.3) is 5.56 Å². The number of aryl methyl sites for hydroxylation is 2. The number of aliphatic hydroxyl groups excluding tert-OH is 2. The molecule has 0 saturated heterocycles. The summed E-state index contributed by atoms with van der Waals surface area (Å²) in [7, 11) is 0. The Bertz CT molecular complexity index is 1320. The molecule has 2 unspecified atom stereocenters. The molecule has 0 spiro atoms. The first-order chi connectivity index (χ1) is 16.9. The predicted molar refractivity (Wildman–Crippen MR) is 143 cm³/mol. The number of hydrogen-bond acceptors (Lipinski definition) is 6. The molecule has 4 rings (SSSR count). The van der Waals surface area contributed by atoms with Gasteiger partial charge in [0, 0.05) is 22.9 Å². The Morgan fingerprint density at radius 2 is 1.67 bits per heavy atom. The van der Waals surface area contributed by atoms with Crippen LogP contribution in [0.2, 0.25) is 0 Å². The van der Waals surface area contributed by atoms with E-state index in [2.05, 4.69) is 20.6 Å². The molecule has 1 aliphatic rings. The highest BCUT2D eigenvalue weighted by Gasteiger charge is 2.52. The fourth-order valence-corrected chi connectivity index (χ4v) is 4.76. The average Bonchev–Trinajstić information content (AvgIpc) is 3.15. The van der Waals surface area contributed by atoms with Crippen molar-refractivity contribution >= 4 is 17.1 Å². The van der Waals surface area contributed by atoms with Crippen LogP contribution in [0.1, 0.15) is 68.8 Å². The molecule has 8 nitrogen and oxygen atoms in total. The Morgan fingerprint density at radius 1 is 1.00 bits per heavy atom. The van der Waals surface area contributed by atoms with Gasteiger partial charge in [0.15, 0.2) is 0 Å². The molecule has 1 fully saturated rings. The van der Waals surface area contributed by atoms with Crippen LogP contribution in [0.4, 0.5) is 17.1 Å². The summed E-state index contributed by atoms with van der Waals surface area (Å²) >= 11 is 0. The van der Waals surface area contributed by atoms with Gasteiger partial charge in [-0.1, -0.05) is 32.0 Å². The number of hydrogen-bond donors (Lipinski definition) is 4. The largest absolute Gasteiger partial charge is 0.390 e. The maximum Gasteiger partial charge on any atom is 0.270 e. The van der Waals surface area contributed by atoms with Crippen LogP contribution < -0.4 is 10.9 Å². The van der Waals surface area contributed by atoms with Crippen molar-refractivity contribution in [3.63, 3.8) is 0 Å². The molecule has 192 valence electrons. The maximum absolute atomic E-state index is 13.3. The number of rotatable bonds is 6. The zero-order chi connectivity index (χ0) is 26.4. The highest BCUT2D eigenvalue weighted by molar-refractivity contribution is 5.59. The van der Waals surface area contributed by atoms with Crippen LogP contribution in [0.25, 0.3) is 0 Å². The zero-order valence-electron chi connectivity index (χ0n) is 22.1. The van der Waals surface area contributed by atoms with Crippen LogP contribution >= 0.6 is 0 Å². The van der Waals surface area contributed by atoms with E-state index in [1.165, 1.54) is 0 Å². The maximum atomic E-state index is 13.3. The Balaban J connectivity index is 1.53. The van der Waals surface area contributed by atoms with Crippen LogP contribution in [0.5, 0.6) is 0 Å². The van der Waals surface area contributed by atoms with Crippen molar-refractivity contribution in [3.05, 3.63) is 75.2 Å². The van der Waals surface area contributed by atoms with E-state index in [1.54, 1.807) is 4.68 Å². The third-order valence-corrected chi connectivity index (χ3v) is 6.93. The van der Waals surface area contributed by atoms with Crippen molar-refractivity contribution in [2.45, 2.75) is 84.1 Å². The summed E-state index contributed by atoms with van der Waals surface area (Å²) in [5.74, 6) is -0.610. The van der Waals surface area contributed by atoms with E-state index in [0.29, 0.717) is 11.3 Å². The number of aromatic nitrogens is 2. The van der Waals surface area contributed by atoms with Crippen LogP contribution in [0.3, 0.4) is 0 Å². The van der Waals surface area contributed by atoms with Crippen LogP contribution in [-0.2, 0) is 5.54 Å². The van der Waals surface area contributed by atoms with E-state index in [0.717, 1.165) is 28.2 Å². The molecular formula is C28H37N5O3. The molecule has 0 bridgehead atoms. The van der Waals surface area contributed by atoms with Crippen molar-refractivity contribution in [2.24, 2.45) is 10.2 Å². The fourth-order valence-electron chi connectivity index (χ4n) is 4.76. The van der Waals surface area contributed by atoms with E-state index < -0.39 is 29.7 Å². The molecule has 0 radical (unpaired) electrons. The number of nitrogens with one attached hydrogen (secondary N) is 2. The molecule has 1 aromatic heterocycles. The zero-order valence-corrected chi connectivity index (χ0v) is 22.1. The molecule has 1 saturated carbocycles. The van der Waals surface area contributed by atoms with Gasteiger partial charge < -0.3 is 15.5 Å². The number of aliphatic hydroxyl groups is 2.